The summed E-state index contributed by atoms with van der Waals surface area (Å²) in [5.74, 6) is -0.0400. The number of hydrogen-bond donors (Lipinski definition) is 1. The summed E-state index contributed by atoms with van der Waals surface area (Å²) in [6.45, 7) is 10.0. The summed E-state index contributed by atoms with van der Waals surface area (Å²) in [6, 6.07) is 0.574. The summed E-state index contributed by atoms with van der Waals surface area (Å²) in [5.41, 5.74) is -0.586. The lowest BCUT2D eigenvalue weighted by molar-refractivity contribution is -0.149. The first-order valence-corrected chi connectivity index (χ1v) is 6.38. The molecule has 0 aromatic heterocycles. The van der Waals surface area contributed by atoms with Crippen LogP contribution in [0.25, 0.3) is 0 Å². The van der Waals surface area contributed by atoms with Crippen LogP contribution in [0.15, 0.2) is 0 Å². The topological polar surface area (TPSA) is 40.5 Å². The van der Waals surface area contributed by atoms with Crippen LogP contribution in [-0.4, -0.2) is 35.1 Å². The smallest absolute Gasteiger partial charge is 0.310 e. The van der Waals surface area contributed by atoms with Gasteiger partial charge in [0.2, 0.25) is 0 Å². The van der Waals surface area contributed by atoms with Crippen LogP contribution in [0.1, 0.15) is 47.0 Å². The fourth-order valence-electron chi connectivity index (χ4n) is 2.58. The highest BCUT2D eigenvalue weighted by atomic mass is 16.4. The number of rotatable bonds is 5. The predicted molar refractivity (Wildman–Crippen MR) is 65.5 cm³/mol. The van der Waals surface area contributed by atoms with Crippen LogP contribution < -0.4 is 0 Å². The van der Waals surface area contributed by atoms with Crippen molar-refractivity contribution in [3.8, 4) is 0 Å². The van der Waals surface area contributed by atoms with Crippen LogP contribution in [-0.2, 0) is 4.79 Å². The quantitative estimate of drug-likeness (QED) is 0.785. The van der Waals surface area contributed by atoms with Crippen molar-refractivity contribution in [1.29, 1.82) is 0 Å². The maximum absolute atomic E-state index is 11.3. The molecule has 0 aromatic carbocycles. The summed E-state index contributed by atoms with van der Waals surface area (Å²) in [6.07, 6.45) is 3.13. The van der Waals surface area contributed by atoms with E-state index in [1.165, 1.54) is 12.8 Å². The van der Waals surface area contributed by atoms with Gasteiger partial charge in [0.25, 0.3) is 0 Å². The molecule has 2 atom stereocenters. The Hall–Kier alpha value is -0.570. The van der Waals surface area contributed by atoms with Gasteiger partial charge in [-0.15, -0.1) is 0 Å². The van der Waals surface area contributed by atoms with E-state index in [4.69, 9.17) is 0 Å². The molecule has 16 heavy (non-hydrogen) atoms. The van der Waals surface area contributed by atoms with Gasteiger partial charge in [0.1, 0.15) is 0 Å². The molecule has 1 rings (SSSR count). The van der Waals surface area contributed by atoms with E-state index in [0.29, 0.717) is 24.9 Å². The van der Waals surface area contributed by atoms with Gasteiger partial charge < -0.3 is 5.11 Å². The summed E-state index contributed by atoms with van der Waals surface area (Å²) < 4.78 is 0. The van der Waals surface area contributed by atoms with Gasteiger partial charge in [-0.3, -0.25) is 9.69 Å². The largest absolute Gasteiger partial charge is 0.481 e. The van der Waals surface area contributed by atoms with Crippen LogP contribution >= 0.6 is 0 Å². The molecule has 3 nitrogen and oxygen atoms in total. The van der Waals surface area contributed by atoms with Crippen molar-refractivity contribution in [3.63, 3.8) is 0 Å². The Bertz CT molecular complexity index is 252. The second-order valence-electron chi connectivity index (χ2n) is 5.64. The van der Waals surface area contributed by atoms with E-state index in [1.54, 1.807) is 0 Å². The zero-order valence-electron chi connectivity index (χ0n) is 11.0. The highest BCUT2D eigenvalue weighted by Crippen LogP contribution is 2.30. The fraction of sp³-hybridized carbons (Fsp3) is 0.923. The van der Waals surface area contributed by atoms with Crippen LogP contribution in [0.5, 0.6) is 0 Å². The van der Waals surface area contributed by atoms with Crippen LogP contribution in [0.3, 0.4) is 0 Å². The SMILES string of the molecule is CCC(C)(CN1CCCC1C(C)C)C(=O)O. The second-order valence-corrected chi connectivity index (χ2v) is 5.64. The molecule has 0 spiro atoms. The van der Waals surface area contributed by atoms with E-state index < -0.39 is 11.4 Å². The minimum atomic E-state index is -0.663. The third kappa shape index (κ3) is 2.76. The summed E-state index contributed by atoms with van der Waals surface area (Å²) >= 11 is 0. The summed E-state index contributed by atoms with van der Waals surface area (Å²) in [5, 5.41) is 9.29. The second kappa shape index (κ2) is 5.17. The van der Waals surface area contributed by atoms with Crippen molar-refractivity contribution < 1.29 is 9.90 Å². The number of nitrogens with zero attached hydrogens (tertiary/aromatic N) is 1. The Morgan fingerprint density at radius 3 is 2.62 bits per heavy atom. The molecule has 1 N–H and O–H groups in total. The first kappa shape index (κ1) is 13.5. The lowest BCUT2D eigenvalue weighted by Crippen LogP contribution is -2.44. The van der Waals surface area contributed by atoms with E-state index in [1.807, 2.05) is 13.8 Å². The molecule has 1 aliphatic heterocycles. The van der Waals surface area contributed by atoms with Gasteiger partial charge >= 0.3 is 5.97 Å². The average Bonchev–Trinajstić information content (AvgIpc) is 2.65. The molecular formula is C13H25NO2. The number of carboxylic acids is 1. The van der Waals surface area contributed by atoms with Gasteiger partial charge in [0.15, 0.2) is 0 Å². The van der Waals surface area contributed by atoms with Crippen molar-refractivity contribution in [3.05, 3.63) is 0 Å². The Morgan fingerprint density at radius 1 is 1.56 bits per heavy atom. The first-order chi connectivity index (χ1) is 7.40. The Morgan fingerprint density at radius 2 is 2.19 bits per heavy atom. The fourth-order valence-corrected chi connectivity index (χ4v) is 2.58. The summed E-state index contributed by atoms with van der Waals surface area (Å²) in [4.78, 5) is 13.7. The minimum absolute atomic E-state index is 0.574. The molecule has 1 aliphatic rings. The van der Waals surface area contributed by atoms with Crippen LogP contribution in [0, 0.1) is 11.3 Å². The van der Waals surface area contributed by atoms with Crippen molar-refractivity contribution >= 4 is 5.97 Å². The molecule has 0 bridgehead atoms. The maximum atomic E-state index is 11.3. The van der Waals surface area contributed by atoms with Crippen molar-refractivity contribution in [2.75, 3.05) is 13.1 Å². The van der Waals surface area contributed by atoms with Gasteiger partial charge in [0, 0.05) is 12.6 Å². The van der Waals surface area contributed by atoms with Crippen molar-refractivity contribution in [2.24, 2.45) is 11.3 Å². The lowest BCUT2D eigenvalue weighted by Gasteiger charge is -2.34. The molecule has 1 heterocycles. The highest BCUT2D eigenvalue weighted by molar-refractivity contribution is 5.74. The maximum Gasteiger partial charge on any atom is 0.310 e. The zero-order chi connectivity index (χ0) is 12.3. The van der Waals surface area contributed by atoms with E-state index >= 15 is 0 Å². The highest BCUT2D eigenvalue weighted by Gasteiger charge is 2.37. The van der Waals surface area contributed by atoms with Crippen LogP contribution in [0.2, 0.25) is 0 Å². The van der Waals surface area contributed by atoms with Gasteiger partial charge in [-0.1, -0.05) is 20.8 Å². The van der Waals surface area contributed by atoms with E-state index in [0.717, 1.165) is 6.54 Å². The zero-order valence-corrected chi connectivity index (χ0v) is 11.0. The molecule has 0 saturated carbocycles. The van der Waals surface area contributed by atoms with Gasteiger partial charge in [-0.05, 0) is 38.6 Å². The normalized spacial score (nSPS) is 25.9. The molecule has 3 heteroatoms. The molecule has 0 aliphatic carbocycles. The summed E-state index contributed by atoms with van der Waals surface area (Å²) in [7, 11) is 0. The van der Waals surface area contributed by atoms with Gasteiger partial charge in [-0.25, -0.2) is 0 Å². The van der Waals surface area contributed by atoms with Gasteiger partial charge in [0.05, 0.1) is 5.41 Å². The lowest BCUT2D eigenvalue weighted by atomic mass is 9.86. The predicted octanol–water partition coefficient (Wildman–Crippen LogP) is 2.61. The number of carbonyl (C=O) groups is 1. The molecule has 94 valence electrons. The van der Waals surface area contributed by atoms with E-state index in [9.17, 15) is 9.90 Å². The monoisotopic (exact) mass is 227 g/mol. The van der Waals surface area contributed by atoms with Crippen molar-refractivity contribution in [1.82, 2.24) is 4.90 Å². The van der Waals surface area contributed by atoms with E-state index in [-0.39, 0.29) is 0 Å². The van der Waals surface area contributed by atoms with Gasteiger partial charge in [-0.2, -0.15) is 0 Å². The molecule has 0 amide bonds. The third-order valence-corrected chi connectivity index (χ3v) is 4.03. The van der Waals surface area contributed by atoms with E-state index in [2.05, 4.69) is 18.7 Å². The Labute approximate surface area is 98.8 Å². The number of likely N-dealkylation sites (tertiary alicyclic amines) is 1. The molecular weight excluding hydrogens is 202 g/mol. The van der Waals surface area contributed by atoms with Crippen LogP contribution in [0.4, 0.5) is 0 Å². The number of hydrogen-bond acceptors (Lipinski definition) is 2. The standard InChI is InChI=1S/C13H25NO2/c1-5-13(4,12(15)16)9-14-8-6-7-11(14)10(2)3/h10-11H,5-9H2,1-4H3,(H,15,16). The average molecular weight is 227 g/mol. The molecule has 2 unspecified atom stereocenters. The molecule has 1 fully saturated rings. The molecule has 0 radical (unpaired) electrons. The third-order valence-electron chi connectivity index (χ3n) is 4.03. The molecule has 0 aromatic rings. The Kier molecular flexibility index (Phi) is 4.36. The van der Waals surface area contributed by atoms with Crippen molar-refractivity contribution in [2.45, 2.75) is 53.0 Å². The first-order valence-electron chi connectivity index (χ1n) is 6.38. The Balaban J connectivity index is 2.68. The minimum Gasteiger partial charge on any atom is -0.481 e. The number of aliphatic carboxylic acids is 1. The number of carboxylic acid groups (broad SMARTS) is 1. The molecule has 1 saturated heterocycles.